The Morgan fingerprint density at radius 2 is 1.81 bits per heavy atom. The average Bonchev–Trinajstić information content (AvgIpc) is 3.45. The van der Waals surface area contributed by atoms with Crippen molar-refractivity contribution < 1.29 is 14.3 Å². The van der Waals surface area contributed by atoms with E-state index in [-0.39, 0.29) is 17.7 Å². The second-order valence-electron chi connectivity index (χ2n) is 9.05. The van der Waals surface area contributed by atoms with Crippen LogP contribution in [0.4, 0.5) is 0 Å². The first-order chi connectivity index (χ1) is 15.5. The van der Waals surface area contributed by atoms with Crippen molar-refractivity contribution in [3.63, 3.8) is 0 Å². The zero-order chi connectivity index (χ0) is 22.5. The SMILES string of the molecule is Cc1cc(C)n(CCC(=O)N2CCCC(COc3ccccc3C(=O)N3CCCC3)C2)n1. The Hall–Kier alpha value is -2.83. The van der Waals surface area contributed by atoms with E-state index in [0.29, 0.717) is 37.4 Å². The molecule has 0 radical (unpaired) electrons. The molecular formula is C25H34N4O3. The van der Waals surface area contributed by atoms with Gasteiger partial charge >= 0.3 is 0 Å². The molecule has 2 aromatic rings. The summed E-state index contributed by atoms with van der Waals surface area (Å²) in [7, 11) is 0. The van der Waals surface area contributed by atoms with E-state index in [1.54, 1.807) is 0 Å². The van der Waals surface area contributed by atoms with Crippen molar-refractivity contribution in [3.8, 4) is 5.75 Å². The van der Waals surface area contributed by atoms with Gasteiger partial charge in [0, 0.05) is 50.8 Å². The Balaban J connectivity index is 1.30. The lowest BCUT2D eigenvalue weighted by atomic mass is 9.98. The molecule has 1 unspecified atom stereocenters. The number of benzene rings is 1. The summed E-state index contributed by atoms with van der Waals surface area (Å²) in [5.41, 5.74) is 2.71. The molecule has 2 aliphatic rings. The van der Waals surface area contributed by atoms with E-state index in [2.05, 4.69) is 5.10 Å². The maximum atomic E-state index is 12.9. The molecule has 0 aliphatic carbocycles. The minimum absolute atomic E-state index is 0.0581. The van der Waals surface area contributed by atoms with Crippen LogP contribution in [0.25, 0.3) is 0 Å². The van der Waals surface area contributed by atoms with Gasteiger partial charge in [0.1, 0.15) is 5.75 Å². The van der Waals surface area contributed by atoms with E-state index >= 15 is 0 Å². The average molecular weight is 439 g/mol. The minimum Gasteiger partial charge on any atom is -0.492 e. The normalized spacial score (nSPS) is 18.8. The fraction of sp³-hybridized carbons (Fsp3) is 0.560. The van der Waals surface area contributed by atoms with Crippen molar-refractivity contribution >= 4 is 11.8 Å². The van der Waals surface area contributed by atoms with Gasteiger partial charge in [-0.05, 0) is 57.7 Å². The van der Waals surface area contributed by atoms with Crippen LogP contribution < -0.4 is 4.74 Å². The summed E-state index contributed by atoms with van der Waals surface area (Å²) in [5.74, 6) is 1.16. The number of para-hydroxylation sites is 1. The third kappa shape index (κ3) is 5.31. The molecule has 2 fully saturated rings. The number of carbonyl (C=O) groups excluding carboxylic acids is 2. The van der Waals surface area contributed by atoms with Gasteiger partial charge in [-0.25, -0.2) is 0 Å². The number of carbonyl (C=O) groups is 2. The standard InChI is InChI=1S/C25H34N4O3/c1-19-16-20(2)29(26-19)15-11-24(30)28-14-7-8-21(17-28)18-32-23-10-4-3-9-22(23)25(31)27-12-5-6-13-27/h3-4,9-10,16,21H,5-8,11-15,17-18H2,1-2H3. The molecule has 172 valence electrons. The molecule has 1 atom stereocenters. The highest BCUT2D eigenvalue weighted by Gasteiger charge is 2.26. The summed E-state index contributed by atoms with van der Waals surface area (Å²) >= 11 is 0. The summed E-state index contributed by atoms with van der Waals surface area (Å²) in [6.07, 6.45) is 4.61. The van der Waals surface area contributed by atoms with Gasteiger partial charge in [0.05, 0.1) is 17.9 Å². The van der Waals surface area contributed by atoms with Crippen molar-refractivity contribution in [2.75, 3.05) is 32.8 Å². The van der Waals surface area contributed by atoms with Crippen molar-refractivity contribution in [3.05, 3.63) is 47.3 Å². The fourth-order valence-corrected chi connectivity index (χ4v) is 4.76. The van der Waals surface area contributed by atoms with Crippen LogP contribution in [0.2, 0.25) is 0 Å². The van der Waals surface area contributed by atoms with Crippen molar-refractivity contribution in [2.24, 2.45) is 5.92 Å². The number of hydrogen-bond donors (Lipinski definition) is 0. The Bertz CT molecular complexity index is 948. The number of nitrogens with zero attached hydrogens (tertiary/aromatic N) is 4. The number of ether oxygens (including phenoxy) is 1. The molecule has 0 saturated carbocycles. The molecule has 3 heterocycles. The Morgan fingerprint density at radius 1 is 1.06 bits per heavy atom. The molecule has 4 rings (SSSR count). The number of hydrogen-bond acceptors (Lipinski definition) is 4. The summed E-state index contributed by atoms with van der Waals surface area (Å²) in [5, 5.41) is 4.45. The number of aromatic nitrogens is 2. The van der Waals surface area contributed by atoms with Crippen LogP contribution in [-0.2, 0) is 11.3 Å². The zero-order valence-electron chi connectivity index (χ0n) is 19.3. The molecule has 1 aromatic heterocycles. The van der Waals surface area contributed by atoms with Crippen molar-refractivity contribution in [2.45, 2.75) is 52.5 Å². The van der Waals surface area contributed by atoms with Gasteiger partial charge < -0.3 is 14.5 Å². The van der Waals surface area contributed by atoms with E-state index < -0.39 is 0 Å². The lowest BCUT2D eigenvalue weighted by molar-refractivity contribution is -0.133. The van der Waals surface area contributed by atoms with E-state index in [1.165, 1.54) is 0 Å². The smallest absolute Gasteiger partial charge is 0.257 e. The second kappa shape index (κ2) is 10.2. The van der Waals surface area contributed by atoms with E-state index in [4.69, 9.17) is 4.74 Å². The highest BCUT2D eigenvalue weighted by molar-refractivity contribution is 5.97. The maximum absolute atomic E-state index is 12.9. The van der Waals surface area contributed by atoms with Crippen LogP contribution in [0.5, 0.6) is 5.75 Å². The van der Waals surface area contributed by atoms with Crippen LogP contribution in [-0.4, -0.2) is 64.2 Å². The number of rotatable bonds is 7. The van der Waals surface area contributed by atoms with Gasteiger partial charge in [0.15, 0.2) is 0 Å². The first-order valence-electron chi connectivity index (χ1n) is 11.8. The number of piperidine rings is 1. The monoisotopic (exact) mass is 438 g/mol. The lowest BCUT2D eigenvalue weighted by Crippen LogP contribution is -2.42. The maximum Gasteiger partial charge on any atom is 0.257 e. The molecule has 0 N–H and O–H groups in total. The van der Waals surface area contributed by atoms with Crippen molar-refractivity contribution in [1.82, 2.24) is 19.6 Å². The third-order valence-corrected chi connectivity index (χ3v) is 6.50. The Labute approximate surface area is 190 Å². The van der Waals surface area contributed by atoms with E-state index in [0.717, 1.165) is 56.7 Å². The first-order valence-corrected chi connectivity index (χ1v) is 11.8. The summed E-state index contributed by atoms with van der Waals surface area (Å²) < 4.78 is 8.04. The van der Waals surface area contributed by atoms with Gasteiger partial charge in [-0.1, -0.05) is 12.1 Å². The topological polar surface area (TPSA) is 67.7 Å². The highest BCUT2D eigenvalue weighted by atomic mass is 16.5. The molecule has 2 amide bonds. The first kappa shape index (κ1) is 22.4. The third-order valence-electron chi connectivity index (χ3n) is 6.50. The molecule has 2 saturated heterocycles. The van der Waals surface area contributed by atoms with E-state index in [1.807, 2.05) is 58.7 Å². The molecule has 1 aromatic carbocycles. The fourth-order valence-electron chi connectivity index (χ4n) is 4.76. The summed E-state index contributed by atoms with van der Waals surface area (Å²) in [6, 6.07) is 9.56. The van der Waals surface area contributed by atoms with Crippen LogP contribution >= 0.6 is 0 Å². The van der Waals surface area contributed by atoms with Crippen LogP contribution in [0.15, 0.2) is 30.3 Å². The number of amides is 2. The summed E-state index contributed by atoms with van der Waals surface area (Å²) in [4.78, 5) is 29.5. The molecule has 7 nitrogen and oxygen atoms in total. The van der Waals surface area contributed by atoms with Gasteiger partial charge in [-0.2, -0.15) is 5.10 Å². The molecule has 2 aliphatic heterocycles. The van der Waals surface area contributed by atoms with Gasteiger partial charge in [0.2, 0.25) is 5.91 Å². The lowest BCUT2D eigenvalue weighted by Gasteiger charge is -2.33. The van der Waals surface area contributed by atoms with E-state index in [9.17, 15) is 9.59 Å². The molecule has 7 heteroatoms. The molecule has 32 heavy (non-hydrogen) atoms. The largest absolute Gasteiger partial charge is 0.492 e. The van der Waals surface area contributed by atoms with Gasteiger partial charge in [-0.15, -0.1) is 0 Å². The van der Waals surface area contributed by atoms with Crippen LogP contribution in [0, 0.1) is 19.8 Å². The molecule has 0 bridgehead atoms. The zero-order valence-corrected chi connectivity index (χ0v) is 19.3. The number of likely N-dealkylation sites (tertiary alicyclic amines) is 2. The second-order valence-corrected chi connectivity index (χ2v) is 9.05. The van der Waals surface area contributed by atoms with Crippen molar-refractivity contribution in [1.29, 1.82) is 0 Å². The van der Waals surface area contributed by atoms with Crippen LogP contribution in [0.1, 0.15) is 53.8 Å². The Morgan fingerprint density at radius 3 is 2.56 bits per heavy atom. The molecule has 0 spiro atoms. The predicted octanol–water partition coefficient (Wildman–Crippen LogP) is 3.44. The van der Waals surface area contributed by atoms with Crippen LogP contribution in [0.3, 0.4) is 0 Å². The quantitative estimate of drug-likeness (QED) is 0.664. The minimum atomic E-state index is 0.0581. The molecular weight excluding hydrogens is 404 g/mol. The Kier molecular flexibility index (Phi) is 7.12. The highest BCUT2D eigenvalue weighted by Crippen LogP contribution is 2.24. The number of aryl methyl sites for hydroxylation is 3. The van der Waals surface area contributed by atoms with Gasteiger partial charge in [0.25, 0.3) is 5.91 Å². The van der Waals surface area contributed by atoms with Gasteiger partial charge in [-0.3, -0.25) is 14.3 Å². The predicted molar refractivity (Wildman–Crippen MR) is 123 cm³/mol. The summed E-state index contributed by atoms with van der Waals surface area (Å²) in [6.45, 7) is 8.28.